The molecule has 30 heavy (non-hydrogen) atoms. The predicted octanol–water partition coefficient (Wildman–Crippen LogP) is 2.80. The lowest BCUT2D eigenvalue weighted by Crippen LogP contribution is -2.40. The minimum atomic E-state index is -3.40. The third-order valence-electron chi connectivity index (χ3n) is 5.98. The van der Waals surface area contributed by atoms with Gasteiger partial charge in [-0.3, -0.25) is 4.79 Å². The maximum absolute atomic E-state index is 12.8. The second kappa shape index (κ2) is 9.29. The molecule has 6 nitrogen and oxygen atoms in total. The number of hydrogen-bond donors (Lipinski definition) is 0. The summed E-state index contributed by atoms with van der Waals surface area (Å²) in [6, 6.07) is 16.5. The first-order valence-electron chi connectivity index (χ1n) is 10.6. The molecule has 0 aromatic heterocycles. The lowest BCUT2D eigenvalue weighted by Gasteiger charge is -2.31. The summed E-state index contributed by atoms with van der Waals surface area (Å²) in [5.41, 5.74) is 1.90. The van der Waals surface area contributed by atoms with Crippen molar-refractivity contribution in [1.29, 1.82) is 0 Å². The maximum Gasteiger partial charge on any atom is 0.254 e. The van der Waals surface area contributed by atoms with Crippen molar-refractivity contribution in [2.45, 2.75) is 24.2 Å². The van der Waals surface area contributed by atoms with Crippen LogP contribution in [0.1, 0.15) is 28.8 Å². The van der Waals surface area contributed by atoms with Crippen LogP contribution in [-0.4, -0.2) is 62.9 Å². The van der Waals surface area contributed by atoms with Crippen molar-refractivity contribution in [2.75, 3.05) is 39.4 Å². The topological polar surface area (TPSA) is 66.9 Å². The van der Waals surface area contributed by atoms with Gasteiger partial charge in [-0.1, -0.05) is 30.3 Å². The molecule has 160 valence electrons. The molecule has 0 aliphatic carbocycles. The molecular formula is C23H28N2O4S. The highest BCUT2D eigenvalue weighted by Crippen LogP contribution is 2.26. The van der Waals surface area contributed by atoms with Crippen molar-refractivity contribution in [3.05, 3.63) is 65.7 Å². The molecule has 2 saturated heterocycles. The van der Waals surface area contributed by atoms with E-state index in [0.717, 1.165) is 19.3 Å². The average Bonchev–Trinajstić information content (AvgIpc) is 2.81. The van der Waals surface area contributed by atoms with Crippen LogP contribution in [0.2, 0.25) is 0 Å². The number of morpholine rings is 1. The molecular weight excluding hydrogens is 400 g/mol. The smallest absolute Gasteiger partial charge is 0.254 e. The summed E-state index contributed by atoms with van der Waals surface area (Å²) in [7, 11) is -3.40. The highest BCUT2D eigenvalue weighted by atomic mass is 32.2. The highest BCUT2D eigenvalue weighted by Gasteiger charge is 2.29. The van der Waals surface area contributed by atoms with Gasteiger partial charge in [0.05, 0.1) is 18.1 Å². The van der Waals surface area contributed by atoms with E-state index in [9.17, 15) is 13.2 Å². The van der Waals surface area contributed by atoms with Gasteiger partial charge in [-0.15, -0.1) is 0 Å². The van der Waals surface area contributed by atoms with Crippen molar-refractivity contribution in [2.24, 2.45) is 5.92 Å². The fraction of sp³-hybridized carbons (Fsp3) is 0.435. The van der Waals surface area contributed by atoms with Gasteiger partial charge >= 0.3 is 0 Å². The van der Waals surface area contributed by atoms with E-state index in [4.69, 9.17) is 4.74 Å². The third kappa shape index (κ3) is 4.74. The van der Waals surface area contributed by atoms with E-state index in [0.29, 0.717) is 55.8 Å². The van der Waals surface area contributed by atoms with Crippen LogP contribution < -0.4 is 0 Å². The van der Waals surface area contributed by atoms with Crippen LogP contribution >= 0.6 is 0 Å². The molecule has 1 amide bonds. The lowest BCUT2D eigenvalue weighted by molar-refractivity contribution is 0.0303. The molecule has 0 bridgehead atoms. The largest absolute Gasteiger partial charge is 0.378 e. The molecule has 2 heterocycles. The van der Waals surface area contributed by atoms with E-state index in [-0.39, 0.29) is 5.91 Å². The zero-order valence-electron chi connectivity index (χ0n) is 17.1. The summed E-state index contributed by atoms with van der Waals surface area (Å²) in [5, 5.41) is 0. The molecule has 2 fully saturated rings. The molecule has 2 aliphatic heterocycles. The van der Waals surface area contributed by atoms with Gasteiger partial charge in [-0.05, 0) is 55.0 Å². The van der Waals surface area contributed by atoms with E-state index in [1.807, 2.05) is 35.2 Å². The minimum absolute atomic E-state index is 0.0595. The summed E-state index contributed by atoms with van der Waals surface area (Å²) < 4.78 is 32.4. The van der Waals surface area contributed by atoms with E-state index >= 15 is 0 Å². The Balaban J connectivity index is 1.31. The van der Waals surface area contributed by atoms with Gasteiger partial charge in [0.15, 0.2) is 0 Å². The van der Waals surface area contributed by atoms with Gasteiger partial charge in [0, 0.05) is 31.7 Å². The monoisotopic (exact) mass is 428 g/mol. The Bertz CT molecular complexity index is 946. The van der Waals surface area contributed by atoms with Crippen LogP contribution in [0.15, 0.2) is 59.5 Å². The Hall–Kier alpha value is -2.22. The minimum Gasteiger partial charge on any atom is -0.378 e. The zero-order chi connectivity index (χ0) is 21.0. The first-order chi connectivity index (χ1) is 14.5. The van der Waals surface area contributed by atoms with Gasteiger partial charge in [-0.25, -0.2) is 8.42 Å². The second-order valence-corrected chi connectivity index (χ2v) is 9.90. The Morgan fingerprint density at radius 3 is 2.17 bits per heavy atom. The lowest BCUT2D eigenvalue weighted by atomic mass is 9.90. The van der Waals surface area contributed by atoms with Crippen LogP contribution in [0.5, 0.6) is 0 Å². The van der Waals surface area contributed by atoms with Gasteiger partial charge in [0.25, 0.3) is 5.91 Å². The van der Waals surface area contributed by atoms with Crippen LogP contribution in [0, 0.1) is 5.92 Å². The van der Waals surface area contributed by atoms with Crippen molar-refractivity contribution < 1.29 is 17.9 Å². The Morgan fingerprint density at radius 1 is 0.900 bits per heavy atom. The second-order valence-electron chi connectivity index (χ2n) is 7.97. The number of amides is 1. The third-order valence-corrected chi connectivity index (χ3v) is 7.89. The molecule has 2 aromatic carbocycles. The standard InChI is InChI=1S/C23H28N2O4S/c26-23(24-14-16-29-17-15-24)21-8-6-19(7-9-21)18-20-10-12-25(13-11-20)30(27,28)22-4-2-1-3-5-22/h1-9,20H,10-18H2. The molecule has 0 spiro atoms. The number of ether oxygens (including phenoxy) is 1. The molecule has 2 aliphatic rings. The number of hydrogen-bond acceptors (Lipinski definition) is 4. The van der Waals surface area contributed by atoms with Crippen LogP contribution in [0.4, 0.5) is 0 Å². The van der Waals surface area contributed by atoms with Gasteiger partial charge in [0.2, 0.25) is 10.0 Å². The molecule has 4 rings (SSSR count). The van der Waals surface area contributed by atoms with Crippen LogP contribution in [0.3, 0.4) is 0 Å². The summed E-state index contributed by atoms with van der Waals surface area (Å²) in [5.74, 6) is 0.511. The molecule has 0 radical (unpaired) electrons. The Morgan fingerprint density at radius 2 is 1.53 bits per heavy atom. The number of sulfonamides is 1. The first kappa shape index (κ1) is 21.0. The summed E-state index contributed by atoms with van der Waals surface area (Å²) in [6.07, 6.45) is 2.60. The highest BCUT2D eigenvalue weighted by molar-refractivity contribution is 7.89. The molecule has 0 saturated carbocycles. The molecule has 0 N–H and O–H groups in total. The van der Waals surface area contributed by atoms with Crippen molar-refractivity contribution in [3.63, 3.8) is 0 Å². The van der Waals surface area contributed by atoms with Gasteiger partial charge in [0.1, 0.15) is 0 Å². The van der Waals surface area contributed by atoms with Crippen molar-refractivity contribution >= 4 is 15.9 Å². The number of piperidine rings is 1. The number of nitrogens with zero attached hydrogens (tertiary/aromatic N) is 2. The number of carbonyl (C=O) groups excluding carboxylic acids is 1. The van der Waals surface area contributed by atoms with E-state index < -0.39 is 10.0 Å². The van der Waals surface area contributed by atoms with Crippen molar-refractivity contribution in [1.82, 2.24) is 9.21 Å². The van der Waals surface area contributed by atoms with E-state index in [1.54, 1.807) is 28.6 Å². The Kier molecular flexibility index (Phi) is 6.51. The SMILES string of the molecule is O=C(c1ccc(CC2CCN(S(=O)(=O)c3ccccc3)CC2)cc1)N1CCOCC1. The fourth-order valence-corrected chi connectivity index (χ4v) is 5.65. The van der Waals surface area contributed by atoms with E-state index in [1.165, 1.54) is 5.56 Å². The summed E-state index contributed by atoms with van der Waals surface area (Å²) in [4.78, 5) is 14.8. The molecule has 2 aromatic rings. The summed E-state index contributed by atoms with van der Waals surface area (Å²) >= 11 is 0. The maximum atomic E-state index is 12.8. The fourth-order valence-electron chi connectivity index (χ4n) is 4.16. The van der Waals surface area contributed by atoms with Crippen molar-refractivity contribution in [3.8, 4) is 0 Å². The predicted molar refractivity (Wildman–Crippen MR) is 115 cm³/mol. The van der Waals surface area contributed by atoms with Gasteiger partial charge < -0.3 is 9.64 Å². The molecule has 7 heteroatoms. The quantitative estimate of drug-likeness (QED) is 0.735. The summed E-state index contributed by atoms with van der Waals surface area (Å²) in [6.45, 7) is 3.59. The van der Waals surface area contributed by atoms with Crippen LogP contribution in [-0.2, 0) is 21.2 Å². The number of benzene rings is 2. The van der Waals surface area contributed by atoms with Gasteiger partial charge in [-0.2, -0.15) is 4.31 Å². The number of rotatable bonds is 5. The van der Waals surface area contributed by atoms with E-state index in [2.05, 4.69) is 0 Å². The van der Waals surface area contributed by atoms with Crippen LogP contribution in [0.25, 0.3) is 0 Å². The molecule has 0 unspecified atom stereocenters. The average molecular weight is 429 g/mol. The molecule has 0 atom stereocenters. The first-order valence-corrected chi connectivity index (χ1v) is 12.0. The Labute approximate surface area is 178 Å². The zero-order valence-corrected chi connectivity index (χ0v) is 17.9. The normalized spacial score (nSPS) is 19.0. The number of carbonyl (C=O) groups is 1.